The van der Waals surface area contributed by atoms with Gasteiger partial charge in [0.25, 0.3) is 5.56 Å². The van der Waals surface area contributed by atoms with Gasteiger partial charge in [0, 0.05) is 43.8 Å². The summed E-state index contributed by atoms with van der Waals surface area (Å²) < 4.78 is 1.58. The minimum Gasteiger partial charge on any atom is -0.364 e. The molecule has 0 spiro atoms. The van der Waals surface area contributed by atoms with E-state index in [-0.39, 0.29) is 17.6 Å². The van der Waals surface area contributed by atoms with E-state index < -0.39 is 0 Å². The Hall–Kier alpha value is -3.66. The fraction of sp³-hybridized carbons (Fsp3) is 0.250. The minimum absolute atomic E-state index is 0.0861. The predicted molar refractivity (Wildman–Crippen MR) is 140 cm³/mol. The Morgan fingerprint density at radius 2 is 1.74 bits per heavy atom. The molecule has 4 aromatic rings. The van der Waals surface area contributed by atoms with E-state index in [4.69, 9.17) is 11.6 Å². The average molecular weight is 484 g/mol. The van der Waals surface area contributed by atoms with Crippen molar-refractivity contribution < 1.29 is 0 Å². The highest BCUT2D eigenvalue weighted by Gasteiger charge is 2.31. The maximum absolute atomic E-state index is 12.7. The lowest BCUT2D eigenvalue weighted by atomic mass is 9.95. The fourth-order valence-corrected chi connectivity index (χ4v) is 5.19. The van der Waals surface area contributed by atoms with Crippen molar-refractivity contribution in [3.63, 3.8) is 0 Å². The van der Waals surface area contributed by atoms with Crippen LogP contribution in [0.4, 0.5) is 5.69 Å². The zero-order chi connectivity index (χ0) is 24.5. The van der Waals surface area contributed by atoms with Gasteiger partial charge in [-0.1, -0.05) is 54.1 Å². The van der Waals surface area contributed by atoms with E-state index >= 15 is 0 Å². The van der Waals surface area contributed by atoms with Crippen molar-refractivity contribution >= 4 is 28.3 Å². The van der Waals surface area contributed by atoms with Crippen molar-refractivity contribution in [2.45, 2.75) is 19.0 Å². The van der Waals surface area contributed by atoms with E-state index in [1.54, 1.807) is 29.8 Å². The second-order valence-corrected chi connectivity index (χ2v) is 9.44. The molecule has 2 aromatic carbocycles. The highest BCUT2D eigenvalue weighted by molar-refractivity contribution is 6.30. The third kappa shape index (κ3) is 4.41. The maximum atomic E-state index is 12.7. The summed E-state index contributed by atoms with van der Waals surface area (Å²) in [4.78, 5) is 22.1. The third-order valence-electron chi connectivity index (χ3n) is 6.82. The van der Waals surface area contributed by atoms with Crippen LogP contribution in [0, 0.1) is 11.3 Å². The summed E-state index contributed by atoms with van der Waals surface area (Å²) in [5, 5.41) is 10.1. The summed E-state index contributed by atoms with van der Waals surface area (Å²) in [6.45, 7) is 4.52. The van der Waals surface area contributed by atoms with Gasteiger partial charge < -0.3 is 9.47 Å². The van der Waals surface area contributed by atoms with Crippen LogP contribution in [-0.2, 0) is 7.05 Å². The molecule has 1 unspecified atom stereocenters. The molecule has 176 valence electrons. The zero-order valence-electron chi connectivity index (χ0n) is 19.7. The molecule has 2 aromatic heterocycles. The van der Waals surface area contributed by atoms with Gasteiger partial charge in [-0.05, 0) is 42.3 Å². The Morgan fingerprint density at radius 3 is 2.43 bits per heavy atom. The van der Waals surface area contributed by atoms with E-state index in [0.29, 0.717) is 11.2 Å². The lowest BCUT2D eigenvalue weighted by molar-refractivity contribution is 0.188. The number of halogens is 1. The number of aryl methyl sites for hydroxylation is 1. The van der Waals surface area contributed by atoms with E-state index in [2.05, 4.69) is 64.2 Å². The lowest BCUT2D eigenvalue weighted by Gasteiger charge is -2.44. The molecule has 0 radical (unpaired) electrons. The minimum atomic E-state index is -0.0861. The molecule has 1 fully saturated rings. The zero-order valence-corrected chi connectivity index (χ0v) is 20.5. The highest BCUT2D eigenvalue weighted by atomic mass is 35.5. The summed E-state index contributed by atoms with van der Waals surface area (Å²) >= 11 is 6.18. The van der Waals surface area contributed by atoms with Gasteiger partial charge in [-0.25, -0.2) is 4.98 Å². The molecule has 0 saturated carbocycles. The average Bonchev–Trinajstić information content (AvgIpc) is 2.88. The Morgan fingerprint density at radius 1 is 1.03 bits per heavy atom. The monoisotopic (exact) mass is 483 g/mol. The Labute approximate surface area is 209 Å². The normalized spacial score (nSPS) is 17.3. The molecule has 3 heterocycles. The molecule has 0 aliphatic carbocycles. The van der Waals surface area contributed by atoms with Crippen LogP contribution in [0.5, 0.6) is 0 Å². The predicted octanol–water partition coefficient (Wildman–Crippen LogP) is 4.76. The molecule has 6 nitrogen and oxygen atoms in total. The van der Waals surface area contributed by atoms with Gasteiger partial charge in [-0.15, -0.1) is 0 Å². The van der Waals surface area contributed by atoms with Crippen LogP contribution in [0.1, 0.15) is 29.8 Å². The molecule has 2 atom stereocenters. The number of fused-ring (bicyclic) bond motifs is 1. The van der Waals surface area contributed by atoms with Crippen molar-refractivity contribution in [2.75, 3.05) is 24.5 Å². The van der Waals surface area contributed by atoms with Gasteiger partial charge in [0.1, 0.15) is 17.3 Å². The number of rotatable bonds is 4. The molecule has 7 heteroatoms. The van der Waals surface area contributed by atoms with Crippen molar-refractivity contribution in [3.05, 3.63) is 105 Å². The van der Waals surface area contributed by atoms with Crippen LogP contribution < -0.4 is 10.5 Å². The molecule has 0 bridgehead atoms. The topological polar surface area (TPSA) is 65.2 Å². The molecule has 1 saturated heterocycles. The van der Waals surface area contributed by atoms with Gasteiger partial charge in [0.15, 0.2) is 0 Å². The fourth-order valence-electron chi connectivity index (χ4n) is 5.07. The summed E-state index contributed by atoms with van der Waals surface area (Å²) in [6.07, 6.45) is 0. The Balaban J connectivity index is 1.51. The first-order valence-electron chi connectivity index (χ1n) is 11.7. The number of pyridine rings is 2. The van der Waals surface area contributed by atoms with Gasteiger partial charge in [-0.2, -0.15) is 5.26 Å². The van der Waals surface area contributed by atoms with E-state index in [1.807, 2.05) is 18.2 Å². The van der Waals surface area contributed by atoms with Gasteiger partial charge >= 0.3 is 0 Å². The summed E-state index contributed by atoms with van der Waals surface area (Å²) in [5.41, 5.74) is 4.88. The smallest absolute Gasteiger partial charge is 0.252 e. The van der Waals surface area contributed by atoms with E-state index in [0.717, 1.165) is 35.9 Å². The van der Waals surface area contributed by atoms with Gasteiger partial charge in [0.05, 0.1) is 17.2 Å². The number of piperazine rings is 1. The highest BCUT2D eigenvalue weighted by Crippen LogP contribution is 2.33. The van der Waals surface area contributed by atoms with Crippen LogP contribution in [0.3, 0.4) is 0 Å². The maximum Gasteiger partial charge on any atom is 0.252 e. The number of hydrogen-bond donors (Lipinski definition) is 0. The number of aromatic nitrogens is 2. The van der Waals surface area contributed by atoms with Crippen LogP contribution in [0.25, 0.3) is 11.0 Å². The second kappa shape index (κ2) is 9.53. The van der Waals surface area contributed by atoms with E-state index in [9.17, 15) is 10.1 Å². The van der Waals surface area contributed by atoms with Crippen molar-refractivity contribution in [1.29, 1.82) is 5.26 Å². The SMILES string of the molecule is C[C@H]1CN(C(c2ccccc2)c2ccc(Cl)cc2)CCN1c1cc(=O)n(C)c2ccc(C#N)nc12. The van der Waals surface area contributed by atoms with Crippen LogP contribution in [0.2, 0.25) is 5.02 Å². The van der Waals surface area contributed by atoms with Crippen LogP contribution in [-0.4, -0.2) is 40.1 Å². The number of anilines is 1. The summed E-state index contributed by atoms with van der Waals surface area (Å²) in [6, 6.07) is 26.0. The molecule has 35 heavy (non-hydrogen) atoms. The molecule has 0 amide bonds. The molecule has 5 rings (SSSR count). The molecule has 1 aliphatic heterocycles. The van der Waals surface area contributed by atoms with Crippen molar-refractivity contribution in [2.24, 2.45) is 7.05 Å². The first kappa shape index (κ1) is 23.1. The lowest BCUT2D eigenvalue weighted by Crippen LogP contribution is -2.53. The molecule has 0 N–H and O–H groups in total. The summed E-state index contributed by atoms with van der Waals surface area (Å²) in [7, 11) is 1.74. The first-order valence-corrected chi connectivity index (χ1v) is 12.1. The van der Waals surface area contributed by atoms with Gasteiger partial charge in [0.2, 0.25) is 0 Å². The van der Waals surface area contributed by atoms with Gasteiger partial charge in [-0.3, -0.25) is 9.69 Å². The quantitative estimate of drug-likeness (QED) is 0.419. The molecular formula is C28H26ClN5O. The molecule has 1 aliphatic rings. The van der Waals surface area contributed by atoms with Crippen molar-refractivity contribution in [3.8, 4) is 6.07 Å². The number of nitrogens with zero attached hydrogens (tertiary/aromatic N) is 5. The van der Waals surface area contributed by atoms with Crippen LogP contribution in [0.15, 0.2) is 77.6 Å². The van der Waals surface area contributed by atoms with Crippen LogP contribution >= 0.6 is 11.6 Å². The Bertz CT molecular complexity index is 1460. The standard InChI is InChI=1S/C28H26ClN5O/c1-19-18-33(28(20-6-4-3-5-7-20)21-8-10-22(29)11-9-21)14-15-34(19)25-16-26(35)32(2)24-13-12-23(17-30)31-27(24)25/h3-13,16,19,28H,14-15,18H2,1-2H3/t19-,28?/m0/s1. The largest absolute Gasteiger partial charge is 0.364 e. The number of hydrogen-bond acceptors (Lipinski definition) is 5. The molecular weight excluding hydrogens is 458 g/mol. The van der Waals surface area contributed by atoms with Crippen molar-refractivity contribution in [1.82, 2.24) is 14.5 Å². The van der Waals surface area contributed by atoms with E-state index in [1.165, 1.54) is 11.1 Å². The third-order valence-corrected chi connectivity index (χ3v) is 7.07. The second-order valence-electron chi connectivity index (χ2n) is 9.00. The Kier molecular flexibility index (Phi) is 6.29. The summed E-state index contributed by atoms with van der Waals surface area (Å²) in [5.74, 6) is 0. The first-order chi connectivity index (χ1) is 17.0. The number of benzene rings is 2. The number of nitriles is 1.